The monoisotopic (exact) mass is 480 g/mol. The molecule has 0 saturated heterocycles. The van der Waals surface area contributed by atoms with E-state index < -0.39 is 6.04 Å². The molecule has 2 aromatic heterocycles. The number of hydrogen-bond donors (Lipinski definition) is 2. The first-order valence-electron chi connectivity index (χ1n) is 12.7. The molecule has 2 amide bonds. The molecule has 1 fully saturated rings. The lowest BCUT2D eigenvalue weighted by Crippen LogP contribution is -2.47. The normalized spacial score (nSPS) is 14.9. The van der Waals surface area contributed by atoms with Crippen LogP contribution in [0.15, 0.2) is 79.3 Å². The first-order valence-corrected chi connectivity index (χ1v) is 12.7. The highest BCUT2D eigenvalue weighted by molar-refractivity contribution is 6.03. The number of benzene rings is 2. The third kappa shape index (κ3) is 5.18. The molecule has 1 unspecified atom stereocenters. The molecule has 1 atom stereocenters. The van der Waals surface area contributed by atoms with Crippen molar-refractivity contribution in [3.8, 4) is 0 Å². The van der Waals surface area contributed by atoms with Crippen molar-refractivity contribution in [2.75, 3.05) is 4.90 Å². The van der Waals surface area contributed by atoms with Gasteiger partial charge in [0.2, 0.25) is 11.8 Å². The maximum absolute atomic E-state index is 14.1. The van der Waals surface area contributed by atoms with Gasteiger partial charge in [-0.1, -0.05) is 55.2 Å². The third-order valence-electron chi connectivity index (χ3n) is 7.08. The van der Waals surface area contributed by atoms with Crippen molar-refractivity contribution in [2.24, 2.45) is 0 Å². The number of aromatic nitrogens is 2. The molecule has 1 aliphatic rings. The molecular formula is C30H32N4O2. The maximum atomic E-state index is 14.1. The Labute approximate surface area is 211 Å². The summed E-state index contributed by atoms with van der Waals surface area (Å²) in [5.74, 6) is -0.287. The van der Waals surface area contributed by atoms with Gasteiger partial charge in [-0.25, -0.2) is 0 Å². The zero-order chi connectivity index (χ0) is 24.9. The summed E-state index contributed by atoms with van der Waals surface area (Å²) < 4.78 is 0. The fourth-order valence-corrected chi connectivity index (χ4v) is 5.16. The Morgan fingerprint density at radius 3 is 2.47 bits per heavy atom. The molecule has 0 bridgehead atoms. The number of fused-ring (bicyclic) bond motifs is 1. The molecule has 6 heteroatoms. The molecular weight excluding hydrogens is 448 g/mol. The van der Waals surface area contributed by atoms with Gasteiger partial charge in [0.05, 0.1) is 6.42 Å². The summed E-state index contributed by atoms with van der Waals surface area (Å²) in [5.41, 5.74) is 4.43. The van der Waals surface area contributed by atoms with E-state index in [0.717, 1.165) is 53.3 Å². The van der Waals surface area contributed by atoms with E-state index in [1.54, 1.807) is 17.3 Å². The Hall–Kier alpha value is -3.93. The number of nitrogens with zero attached hydrogens (tertiary/aromatic N) is 2. The summed E-state index contributed by atoms with van der Waals surface area (Å²) in [4.78, 5) is 37.0. The Morgan fingerprint density at radius 2 is 1.72 bits per heavy atom. The van der Waals surface area contributed by atoms with Gasteiger partial charge in [-0.3, -0.25) is 19.5 Å². The molecule has 0 spiro atoms. The lowest BCUT2D eigenvalue weighted by Gasteiger charge is -2.33. The van der Waals surface area contributed by atoms with Crippen LogP contribution < -0.4 is 10.2 Å². The van der Waals surface area contributed by atoms with Crippen LogP contribution >= 0.6 is 0 Å². The predicted molar refractivity (Wildman–Crippen MR) is 143 cm³/mol. The summed E-state index contributed by atoms with van der Waals surface area (Å²) in [6, 6.07) is 18.7. The summed E-state index contributed by atoms with van der Waals surface area (Å²) in [5, 5.41) is 4.28. The Kier molecular flexibility index (Phi) is 7.12. The van der Waals surface area contributed by atoms with Crippen LogP contribution in [0.4, 0.5) is 5.69 Å². The van der Waals surface area contributed by atoms with Crippen molar-refractivity contribution in [2.45, 2.75) is 57.5 Å². The van der Waals surface area contributed by atoms with E-state index >= 15 is 0 Å². The van der Waals surface area contributed by atoms with E-state index in [4.69, 9.17) is 0 Å². The van der Waals surface area contributed by atoms with Gasteiger partial charge >= 0.3 is 0 Å². The summed E-state index contributed by atoms with van der Waals surface area (Å²) >= 11 is 0. The minimum atomic E-state index is -0.796. The highest BCUT2D eigenvalue weighted by Crippen LogP contribution is 2.31. The summed E-state index contributed by atoms with van der Waals surface area (Å²) in [6.45, 7) is 2.01. The van der Waals surface area contributed by atoms with Gasteiger partial charge in [-0.2, -0.15) is 0 Å². The number of aromatic amines is 1. The number of H-pyrrole nitrogens is 1. The molecule has 1 saturated carbocycles. The van der Waals surface area contributed by atoms with Crippen molar-refractivity contribution < 1.29 is 9.59 Å². The minimum absolute atomic E-state index is 0.135. The lowest BCUT2D eigenvalue weighted by atomic mass is 9.94. The van der Waals surface area contributed by atoms with Gasteiger partial charge in [0.15, 0.2) is 0 Å². The van der Waals surface area contributed by atoms with Crippen LogP contribution in [0, 0.1) is 6.92 Å². The second kappa shape index (κ2) is 10.8. The van der Waals surface area contributed by atoms with Crippen LogP contribution in [-0.4, -0.2) is 27.8 Å². The van der Waals surface area contributed by atoms with Crippen LogP contribution in [0.5, 0.6) is 0 Å². The average Bonchev–Trinajstić information content (AvgIpc) is 3.31. The smallest absolute Gasteiger partial charge is 0.248 e. The van der Waals surface area contributed by atoms with Crippen LogP contribution in [-0.2, 0) is 16.0 Å². The quantitative estimate of drug-likeness (QED) is 0.359. The maximum Gasteiger partial charge on any atom is 0.248 e. The number of aryl methyl sites for hydroxylation is 1. The zero-order valence-corrected chi connectivity index (χ0v) is 20.6. The first kappa shape index (κ1) is 23.8. The van der Waals surface area contributed by atoms with Crippen molar-refractivity contribution in [1.82, 2.24) is 15.3 Å². The number of para-hydroxylation sites is 1. The van der Waals surface area contributed by atoms with Gasteiger partial charge in [-0.15, -0.1) is 0 Å². The minimum Gasteiger partial charge on any atom is -0.361 e. The molecule has 5 rings (SSSR count). The van der Waals surface area contributed by atoms with E-state index in [-0.39, 0.29) is 24.3 Å². The number of amides is 2. The van der Waals surface area contributed by atoms with Crippen LogP contribution in [0.25, 0.3) is 10.9 Å². The summed E-state index contributed by atoms with van der Waals surface area (Å²) in [7, 11) is 0. The van der Waals surface area contributed by atoms with Crippen molar-refractivity contribution >= 4 is 28.4 Å². The van der Waals surface area contributed by atoms with E-state index in [9.17, 15) is 9.59 Å². The second-order valence-electron chi connectivity index (χ2n) is 9.66. The van der Waals surface area contributed by atoms with Crippen LogP contribution in [0.3, 0.4) is 0 Å². The standard InChI is InChI=1S/C30H32N4O2/c1-21-11-13-25(14-12-21)34(28(35)19-23-20-32-27-10-6-5-9-26(23)27)29(22-15-17-31-18-16-22)30(36)33-24-7-3-2-4-8-24/h5-6,9-18,20,24,29,32H,2-4,7-8,19H2,1H3,(H,33,36). The van der Waals surface area contributed by atoms with Crippen LogP contribution in [0.2, 0.25) is 0 Å². The first-order chi connectivity index (χ1) is 17.6. The largest absolute Gasteiger partial charge is 0.361 e. The van der Waals surface area contributed by atoms with Crippen molar-refractivity contribution in [1.29, 1.82) is 0 Å². The van der Waals surface area contributed by atoms with E-state index in [0.29, 0.717) is 5.69 Å². The predicted octanol–water partition coefficient (Wildman–Crippen LogP) is 5.64. The molecule has 2 heterocycles. The van der Waals surface area contributed by atoms with E-state index in [1.807, 2.05) is 73.8 Å². The van der Waals surface area contributed by atoms with Gasteiger partial charge in [0, 0.05) is 41.2 Å². The Balaban J connectivity index is 1.54. The molecule has 184 valence electrons. The average molecular weight is 481 g/mol. The Morgan fingerprint density at radius 1 is 1.00 bits per heavy atom. The van der Waals surface area contributed by atoms with Crippen molar-refractivity contribution in [3.05, 3.63) is 95.9 Å². The lowest BCUT2D eigenvalue weighted by molar-refractivity contribution is -0.127. The van der Waals surface area contributed by atoms with Gasteiger partial charge < -0.3 is 10.3 Å². The number of carbonyl (C=O) groups is 2. The second-order valence-corrected chi connectivity index (χ2v) is 9.66. The highest BCUT2D eigenvalue weighted by Gasteiger charge is 2.34. The molecule has 6 nitrogen and oxygen atoms in total. The number of rotatable bonds is 7. The number of anilines is 1. The Bertz CT molecular complexity index is 1320. The van der Waals surface area contributed by atoms with Crippen LogP contribution in [0.1, 0.15) is 54.8 Å². The summed E-state index contributed by atoms with van der Waals surface area (Å²) in [6.07, 6.45) is 10.8. The molecule has 36 heavy (non-hydrogen) atoms. The van der Waals surface area contributed by atoms with Gasteiger partial charge in [0.25, 0.3) is 0 Å². The number of nitrogens with one attached hydrogen (secondary N) is 2. The van der Waals surface area contributed by atoms with E-state index in [1.165, 1.54) is 6.42 Å². The van der Waals surface area contributed by atoms with Gasteiger partial charge in [-0.05, 0) is 61.2 Å². The molecule has 4 aromatic rings. The molecule has 1 aliphatic carbocycles. The molecule has 2 N–H and O–H groups in total. The number of hydrogen-bond acceptors (Lipinski definition) is 3. The SMILES string of the molecule is Cc1ccc(N(C(=O)Cc2c[nH]c3ccccc23)C(C(=O)NC2CCCCC2)c2ccncc2)cc1. The number of carbonyl (C=O) groups excluding carboxylic acids is 2. The zero-order valence-electron chi connectivity index (χ0n) is 20.6. The molecule has 0 aliphatic heterocycles. The number of pyridine rings is 1. The fraction of sp³-hybridized carbons (Fsp3) is 0.300. The molecule has 0 radical (unpaired) electrons. The fourth-order valence-electron chi connectivity index (χ4n) is 5.16. The topological polar surface area (TPSA) is 78.1 Å². The molecule has 2 aromatic carbocycles. The van der Waals surface area contributed by atoms with E-state index in [2.05, 4.69) is 15.3 Å². The third-order valence-corrected chi connectivity index (χ3v) is 7.08. The highest BCUT2D eigenvalue weighted by atomic mass is 16.2. The van der Waals surface area contributed by atoms with Crippen molar-refractivity contribution in [3.63, 3.8) is 0 Å². The van der Waals surface area contributed by atoms with Gasteiger partial charge in [0.1, 0.15) is 6.04 Å².